The molecule has 0 atom stereocenters. The van der Waals surface area contributed by atoms with Gasteiger partial charge in [-0.2, -0.15) is 0 Å². The van der Waals surface area contributed by atoms with Crippen molar-refractivity contribution >= 4 is 11.8 Å². The van der Waals surface area contributed by atoms with E-state index in [-0.39, 0.29) is 11.5 Å². The first kappa shape index (κ1) is 13.8. The first-order valence-electron chi connectivity index (χ1n) is 6.84. The third-order valence-electron chi connectivity index (χ3n) is 3.85. The third-order valence-corrected chi connectivity index (χ3v) is 3.85. The van der Waals surface area contributed by atoms with Crippen LogP contribution in [0.2, 0.25) is 0 Å². The summed E-state index contributed by atoms with van der Waals surface area (Å²) < 4.78 is 0. The van der Waals surface area contributed by atoms with Gasteiger partial charge >= 0.3 is 5.97 Å². The Balaban J connectivity index is 2.47. The second-order valence-electron chi connectivity index (χ2n) is 6.17. The van der Waals surface area contributed by atoms with E-state index in [4.69, 9.17) is 0 Å². The van der Waals surface area contributed by atoms with Crippen molar-refractivity contribution in [1.82, 2.24) is 4.98 Å². The number of aromatic carboxylic acids is 1. The second-order valence-corrected chi connectivity index (χ2v) is 6.17. The van der Waals surface area contributed by atoms with Crippen LogP contribution in [0.5, 0.6) is 0 Å². The van der Waals surface area contributed by atoms with Crippen LogP contribution in [-0.2, 0) is 0 Å². The minimum atomic E-state index is -0.887. The minimum Gasteiger partial charge on any atom is -0.478 e. The zero-order chi connectivity index (χ0) is 14.2. The molecule has 1 aliphatic heterocycles. The van der Waals surface area contributed by atoms with Crippen molar-refractivity contribution in [2.45, 2.75) is 52.0 Å². The Labute approximate surface area is 114 Å². The average molecular weight is 262 g/mol. The summed E-state index contributed by atoms with van der Waals surface area (Å²) in [6.07, 6.45) is 2.24. The predicted octanol–water partition coefficient (Wildman–Crippen LogP) is 3.28. The van der Waals surface area contributed by atoms with Crippen LogP contribution in [0.4, 0.5) is 5.82 Å². The Morgan fingerprint density at radius 3 is 2.58 bits per heavy atom. The van der Waals surface area contributed by atoms with Gasteiger partial charge in [0, 0.05) is 17.8 Å². The molecule has 0 aromatic carbocycles. The molecule has 2 heterocycles. The Hall–Kier alpha value is -1.58. The van der Waals surface area contributed by atoms with E-state index in [9.17, 15) is 9.90 Å². The number of rotatable bonds is 3. The van der Waals surface area contributed by atoms with Crippen molar-refractivity contribution in [2.75, 3.05) is 11.4 Å². The van der Waals surface area contributed by atoms with Crippen LogP contribution in [0.15, 0.2) is 12.1 Å². The molecular formula is C15H22N2O2. The zero-order valence-corrected chi connectivity index (χ0v) is 12.1. The molecule has 0 saturated carbocycles. The number of aromatic nitrogens is 1. The van der Waals surface area contributed by atoms with E-state index in [0.717, 1.165) is 30.9 Å². The van der Waals surface area contributed by atoms with Crippen molar-refractivity contribution in [2.24, 2.45) is 0 Å². The number of hydrogen-bond donors (Lipinski definition) is 1. The molecule has 1 saturated heterocycles. The molecule has 4 nitrogen and oxygen atoms in total. The van der Waals surface area contributed by atoms with Gasteiger partial charge in [0.05, 0.1) is 5.56 Å². The summed E-state index contributed by atoms with van der Waals surface area (Å²) in [5, 5.41) is 9.24. The maximum atomic E-state index is 11.3. The molecule has 4 heteroatoms. The lowest BCUT2D eigenvalue weighted by Crippen LogP contribution is -2.39. The number of hydrogen-bond acceptors (Lipinski definition) is 3. The average Bonchev–Trinajstić information content (AvgIpc) is 2.68. The number of nitrogens with zero attached hydrogens (tertiary/aromatic N) is 2. The van der Waals surface area contributed by atoms with Crippen molar-refractivity contribution < 1.29 is 9.90 Å². The normalized spacial score (nSPS) is 18.1. The van der Waals surface area contributed by atoms with E-state index in [2.05, 4.69) is 23.7 Å². The molecule has 1 fully saturated rings. The van der Waals surface area contributed by atoms with Gasteiger partial charge in [-0.05, 0) is 44.7 Å². The summed E-state index contributed by atoms with van der Waals surface area (Å²) in [6.45, 7) is 9.38. The summed E-state index contributed by atoms with van der Waals surface area (Å²) in [5.41, 5.74) is 1.23. The SMILES string of the molecule is CC(C)c1cc(C(=O)O)cc(N2CCCC2(C)C)n1. The maximum absolute atomic E-state index is 11.3. The van der Waals surface area contributed by atoms with Crippen LogP contribution in [0, 0.1) is 0 Å². The van der Waals surface area contributed by atoms with Gasteiger partial charge in [0.1, 0.15) is 5.82 Å². The van der Waals surface area contributed by atoms with E-state index in [1.807, 2.05) is 13.8 Å². The molecule has 0 aliphatic carbocycles. The molecule has 0 radical (unpaired) electrons. The van der Waals surface area contributed by atoms with Gasteiger partial charge < -0.3 is 10.0 Å². The lowest BCUT2D eigenvalue weighted by atomic mass is 10.0. The molecule has 104 valence electrons. The van der Waals surface area contributed by atoms with Crippen LogP contribution in [-0.4, -0.2) is 28.1 Å². The zero-order valence-electron chi connectivity index (χ0n) is 12.1. The Bertz CT molecular complexity index is 495. The maximum Gasteiger partial charge on any atom is 0.335 e. The van der Waals surface area contributed by atoms with Gasteiger partial charge in [-0.15, -0.1) is 0 Å². The van der Waals surface area contributed by atoms with Crippen LogP contribution in [0.25, 0.3) is 0 Å². The lowest BCUT2D eigenvalue weighted by Gasteiger charge is -2.33. The Morgan fingerprint density at radius 2 is 2.11 bits per heavy atom. The van der Waals surface area contributed by atoms with Crippen LogP contribution < -0.4 is 4.90 Å². The van der Waals surface area contributed by atoms with Gasteiger partial charge in [-0.1, -0.05) is 13.8 Å². The molecule has 2 rings (SSSR count). The Kier molecular flexibility index (Phi) is 3.52. The molecule has 1 aromatic rings. The summed E-state index contributed by atoms with van der Waals surface area (Å²) in [6, 6.07) is 3.38. The van der Waals surface area contributed by atoms with Gasteiger partial charge in [0.15, 0.2) is 0 Å². The number of carboxylic acids is 1. The molecular weight excluding hydrogens is 240 g/mol. The fourth-order valence-electron chi connectivity index (χ4n) is 2.63. The molecule has 1 aliphatic rings. The monoisotopic (exact) mass is 262 g/mol. The number of carbonyl (C=O) groups is 1. The summed E-state index contributed by atoms with van der Waals surface area (Å²) in [7, 11) is 0. The lowest BCUT2D eigenvalue weighted by molar-refractivity contribution is 0.0696. The third kappa shape index (κ3) is 2.72. The number of pyridine rings is 1. The highest BCUT2D eigenvalue weighted by molar-refractivity contribution is 5.88. The van der Waals surface area contributed by atoms with Crippen molar-refractivity contribution in [3.05, 3.63) is 23.4 Å². The minimum absolute atomic E-state index is 0.0539. The van der Waals surface area contributed by atoms with Crippen molar-refractivity contribution in [1.29, 1.82) is 0 Å². The van der Waals surface area contributed by atoms with E-state index in [1.54, 1.807) is 12.1 Å². The summed E-state index contributed by atoms with van der Waals surface area (Å²) in [5.74, 6) is 0.136. The molecule has 0 bridgehead atoms. The summed E-state index contributed by atoms with van der Waals surface area (Å²) >= 11 is 0. The highest BCUT2D eigenvalue weighted by Gasteiger charge is 2.33. The van der Waals surface area contributed by atoms with E-state index < -0.39 is 5.97 Å². The highest BCUT2D eigenvalue weighted by Crippen LogP contribution is 2.33. The number of carboxylic acid groups (broad SMARTS) is 1. The largest absolute Gasteiger partial charge is 0.478 e. The first-order valence-corrected chi connectivity index (χ1v) is 6.84. The molecule has 0 amide bonds. The fourth-order valence-corrected chi connectivity index (χ4v) is 2.63. The molecule has 19 heavy (non-hydrogen) atoms. The first-order chi connectivity index (χ1) is 8.81. The molecule has 1 aromatic heterocycles. The number of anilines is 1. The molecule has 1 N–H and O–H groups in total. The van der Waals surface area contributed by atoms with E-state index >= 15 is 0 Å². The second kappa shape index (κ2) is 4.83. The van der Waals surface area contributed by atoms with Crippen LogP contribution in [0.1, 0.15) is 62.5 Å². The predicted molar refractivity (Wildman–Crippen MR) is 75.9 cm³/mol. The quantitative estimate of drug-likeness (QED) is 0.908. The van der Waals surface area contributed by atoms with Crippen molar-refractivity contribution in [3.8, 4) is 0 Å². The molecule has 0 unspecified atom stereocenters. The van der Waals surface area contributed by atoms with Gasteiger partial charge in [-0.25, -0.2) is 9.78 Å². The van der Waals surface area contributed by atoms with Crippen molar-refractivity contribution in [3.63, 3.8) is 0 Å². The van der Waals surface area contributed by atoms with Gasteiger partial charge in [0.2, 0.25) is 0 Å². The topological polar surface area (TPSA) is 53.4 Å². The summed E-state index contributed by atoms with van der Waals surface area (Å²) in [4.78, 5) is 18.1. The van der Waals surface area contributed by atoms with E-state index in [0.29, 0.717) is 5.56 Å². The fraction of sp³-hybridized carbons (Fsp3) is 0.600. The smallest absolute Gasteiger partial charge is 0.335 e. The Morgan fingerprint density at radius 1 is 1.42 bits per heavy atom. The standard InChI is InChI=1S/C15H22N2O2/c1-10(2)12-8-11(14(18)19)9-13(16-12)17-7-5-6-15(17,3)4/h8-10H,5-7H2,1-4H3,(H,18,19). The van der Waals surface area contributed by atoms with E-state index in [1.165, 1.54) is 0 Å². The van der Waals surface area contributed by atoms with Crippen LogP contribution >= 0.6 is 0 Å². The van der Waals surface area contributed by atoms with Gasteiger partial charge in [0.25, 0.3) is 0 Å². The van der Waals surface area contributed by atoms with Crippen LogP contribution in [0.3, 0.4) is 0 Å². The highest BCUT2D eigenvalue weighted by atomic mass is 16.4. The van der Waals surface area contributed by atoms with Gasteiger partial charge in [-0.3, -0.25) is 0 Å². The molecule has 0 spiro atoms.